The van der Waals surface area contributed by atoms with Gasteiger partial charge in [-0.05, 0) is 18.7 Å². The van der Waals surface area contributed by atoms with E-state index < -0.39 is 17.2 Å². The molecule has 0 aliphatic rings. The van der Waals surface area contributed by atoms with Crippen LogP contribution in [0, 0.1) is 17.1 Å². The number of hydrogen-bond acceptors (Lipinski definition) is 5. The topological polar surface area (TPSA) is 81.3 Å². The Morgan fingerprint density at radius 2 is 2.21 bits per heavy atom. The Kier molecular flexibility index (Phi) is 5.68. The van der Waals surface area contributed by atoms with E-state index in [1.165, 1.54) is 25.4 Å². The summed E-state index contributed by atoms with van der Waals surface area (Å²) in [5.41, 5.74) is 0.762. The molecule has 24 heavy (non-hydrogen) atoms. The lowest BCUT2D eigenvalue weighted by molar-refractivity contribution is 0.398. The first kappa shape index (κ1) is 17.7. The zero-order valence-corrected chi connectivity index (χ0v) is 13.9. The molecule has 1 atom stereocenters. The first-order valence-corrected chi connectivity index (χ1v) is 7.94. The number of pyridine rings is 1. The lowest BCUT2D eigenvalue weighted by Crippen LogP contribution is -2.11. The van der Waals surface area contributed by atoms with Crippen LogP contribution in [-0.2, 0) is 11.4 Å². The first-order chi connectivity index (χ1) is 11.5. The number of nitriles is 1. The molecule has 0 saturated carbocycles. The molecule has 0 amide bonds. The van der Waals surface area contributed by atoms with Crippen LogP contribution in [0.15, 0.2) is 52.4 Å². The Bertz CT molecular complexity index is 846. The van der Waals surface area contributed by atoms with Crippen LogP contribution in [0.4, 0.5) is 4.39 Å². The number of methoxy groups -OCH3 is 1. The van der Waals surface area contributed by atoms with Crippen molar-refractivity contribution in [3.63, 3.8) is 0 Å². The van der Waals surface area contributed by atoms with Gasteiger partial charge in [0.05, 0.1) is 12.7 Å². The lowest BCUT2D eigenvalue weighted by atomic mass is 9.98. The molecule has 1 aromatic carbocycles. The molecule has 0 aliphatic heterocycles. The summed E-state index contributed by atoms with van der Waals surface area (Å²) in [6.45, 7) is 5.18. The second-order valence-electron chi connectivity index (χ2n) is 4.75. The van der Waals surface area contributed by atoms with Crippen LogP contribution in [0.2, 0.25) is 0 Å². The zero-order chi connectivity index (χ0) is 17.7. The van der Waals surface area contributed by atoms with Crippen molar-refractivity contribution in [3.05, 3.63) is 70.5 Å². The average Bonchev–Trinajstić information content (AvgIpc) is 2.59. The standard InChI is InChI=1S/C17H14FN3O2S/c1-11(2)24(22)21-17(12-7-8-20-16(9-12)23-3)13-5-4-6-15(18)14(13)10-19/h4-9H,1H2,2-3H3. The van der Waals surface area contributed by atoms with Gasteiger partial charge in [-0.15, -0.1) is 0 Å². The highest BCUT2D eigenvalue weighted by atomic mass is 32.2. The third kappa shape index (κ3) is 3.79. The van der Waals surface area contributed by atoms with Crippen molar-refractivity contribution in [2.24, 2.45) is 4.40 Å². The van der Waals surface area contributed by atoms with Gasteiger partial charge in [-0.1, -0.05) is 16.5 Å². The first-order valence-electron chi connectivity index (χ1n) is 6.83. The lowest BCUT2D eigenvalue weighted by Gasteiger charge is -2.11. The van der Waals surface area contributed by atoms with Gasteiger partial charge in [-0.2, -0.15) is 5.26 Å². The van der Waals surface area contributed by atoms with Crippen LogP contribution in [0.25, 0.3) is 0 Å². The number of rotatable bonds is 5. The summed E-state index contributed by atoms with van der Waals surface area (Å²) >= 11 is -1.73. The molecule has 7 heteroatoms. The van der Waals surface area contributed by atoms with Gasteiger partial charge in [0.25, 0.3) is 0 Å². The van der Waals surface area contributed by atoms with Gasteiger partial charge in [0.2, 0.25) is 5.88 Å². The normalized spacial score (nSPS) is 12.4. The molecular weight excluding hydrogens is 329 g/mol. The van der Waals surface area contributed by atoms with E-state index in [2.05, 4.69) is 16.0 Å². The van der Waals surface area contributed by atoms with E-state index in [0.29, 0.717) is 16.3 Å². The maximum absolute atomic E-state index is 14.0. The summed E-state index contributed by atoms with van der Waals surface area (Å²) in [7, 11) is 1.46. The Balaban J connectivity index is 2.71. The number of allylic oxidation sites excluding steroid dienone is 1. The molecule has 0 spiro atoms. The predicted molar refractivity (Wildman–Crippen MR) is 90.5 cm³/mol. The minimum Gasteiger partial charge on any atom is -0.586 e. The summed E-state index contributed by atoms with van der Waals surface area (Å²) in [4.78, 5) is 4.34. The number of ether oxygens (including phenoxy) is 1. The fraction of sp³-hybridized carbons (Fsp3) is 0.118. The zero-order valence-electron chi connectivity index (χ0n) is 13.1. The highest BCUT2D eigenvalue weighted by molar-refractivity contribution is 7.94. The van der Waals surface area contributed by atoms with E-state index in [0.717, 1.165) is 0 Å². The molecule has 0 radical (unpaired) electrons. The summed E-state index contributed by atoms with van der Waals surface area (Å²) < 4.78 is 35.3. The third-order valence-corrected chi connectivity index (χ3v) is 4.01. The molecule has 122 valence electrons. The molecule has 1 unspecified atom stereocenters. The molecule has 1 aromatic heterocycles. The molecule has 0 aliphatic carbocycles. The fourth-order valence-electron chi connectivity index (χ4n) is 1.92. The molecule has 1 heterocycles. The summed E-state index contributed by atoms with van der Waals surface area (Å²) in [6.07, 6.45) is 1.48. The van der Waals surface area contributed by atoms with Crippen LogP contribution in [0.1, 0.15) is 23.6 Å². The summed E-state index contributed by atoms with van der Waals surface area (Å²) in [5.74, 6) is -0.360. The van der Waals surface area contributed by atoms with Gasteiger partial charge in [-0.3, -0.25) is 0 Å². The minimum absolute atomic E-state index is 0.175. The van der Waals surface area contributed by atoms with Crippen LogP contribution in [-0.4, -0.2) is 22.4 Å². The number of hydrogen-bond donors (Lipinski definition) is 0. The van der Waals surface area contributed by atoms with Crippen LogP contribution in [0.3, 0.4) is 0 Å². The Hall–Kier alpha value is -2.69. The highest BCUT2D eigenvalue weighted by Crippen LogP contribution is 2.22. The van der Waals surface area contributed by atoms with Gasteiger partial charge in [0.15, 0.2) is 0 Å². The maximum Gasteiger partial charge on any atom is 0.213 e. The molecular formula is C17H14FN3O2S. The van der Waals surface area contributed by atoms with Crippen LogP contribution < -0.4 is 4.74 Å². The summed E-state index contributed by atoms with van der Waals surface area (Å²) in [6, 6.07) is 9.19. The number of nitrogens with zero attached hydrogens (tertiary/aromatic N) is 3. The molecule has 0 saturated heterocycles. The van der Waals surface area contributed by atoms with E-state index in [1.54, 1.807) is 25.1 Å². The number of halogens is 1. The number of benzene rings is 1. The second-order valence-corrected chi connectivity index (χ2v) is 6.13. The minimum atomic E-state index is -1.73. The van der Waals surface area contributed by atoms with Crippen molar-refractivity contribution >= 4 is 17.1 Å². The number of aromatic nitrogens is 1. The largest absolute Gasteiger partial charge is 0.586 e. The van der Waals surface area contributed by atoms with Gasteiger partial charge in [-0.25, -0.2) is 9.37 Å². The van der Waals surface area contributed by atoms with Gasteiger partial charge in [0.1, 0.15) is 33.9 Å². The van der Waals surface area contributed by atoms with Gasteiger partial charge < -0.3 is 9.29 Å². The Labute approximate surface area is 142 Å². The monoisotopic (exact) mass is 343 g/mol. The van der Waals surface area contributed by atoms with E-state index in [9.17, 15) is 14.2 Å². The molecule has 2 aromatic rings. The van der Waals surface area contributed by atoms with E-state index in [4.69, 9.17) is 4.74 Å². The van der Waals surface area contributed by atoms with Crippen molar-refractivity contribution in [1.82, 2.24) is 4.98 Å². The smallest absolute Gasteiger partial charge is 0.213 e. The Morgan fingerprint density at radius 3 is 2.83 bits per heavy atom. The van der Waals surface area contributed by atoms with Crippen LogP contribution >= 0.6 is 0 Å². The molecule has 0 bridgehead atoms. The Morgan fingerprint density at radius 1 is 1.46 bits per heavy atom. The second kappa shape index (κ2) is 7.73. The van der Waals surface area contributed by atoms with Crippen molar-refractivity contribution in [2.45, 2.75) is 6.92 Å². The predicted octanol–water partition coefficient (Wildman–Crippen LogP) is 3.14. The van der Waals surface area contributed by atoms with Crippen molar-refractivity contribution in [1.29, 1.82) is 5.26 Å². The highest BCUT2D eigenvalue weighted by Gasteiger charge is 2.20. The third-order valence-electron chi connectivity index (χ3n) is 3.07. The van der Waals surface area contributed by atoms with Gasteiger partial charge >= 0.3 is 0 Å². The van der Waals surface area contributed by atoms with Crippen molar-refractivity contribution in [2.75, 3.05) is 7.11 Å². The van der Waals surface area contributed by atoms with Crippen molar-refractivity contribution < 1.29 is 13.7 Å². The van der Waals surface area contributed by atoms with E-state index >= 15 is 0 Å². The molecule has 5 nitrogen and oxygen atoms in total. The summed E-state index contributed by atoms with van der Waals surface area (Å²) in [5, 5.41) is 9.26. The van der Waals surface area contributed by atoms with Crippen molar-refractivity contribution in [3.8, 4) is 11.9 Å². The maximum atomic E-state index is 14.0. The van der Waals surface area contributed by atoms with E-state index in [-0.39, 0.29) is 16.8 Å². The fourth-order valence-corrected chi connectivity index (χ4v) is 2.45. The van der Waals surface area contributed by atoms with Crippen LogP contribution in [0.5, 0.6) is 5.88 Å². The molecule has 2 rings (SSSR count). The van der Waals surface area contributed by atoms with Gasteiger partial charge in [0, 0.05) is 30.3 Å². The van der Waals surface area contributed by atoms with E-state index in [1.807, 2.05) is 6.07 Å². The SMILES string of the molecule is C=C(C)[S+]([O-])N=C(c1ccnc(OC)c1)c1cccc(F)c1C#N. The molecule has 0 fully saturated rings. The quantitative estimate of drug-likeness (QED) is 0.617. The average molecular weight is 343 g/mol. The molecule has 0 N–H and O–H groups in total.